The van der Waals surface area contributed by atoms with Crippen LogP contribution in [-0.4, -0.2) is 29.9 Å². The Bertz CT molecular complexity index is 3610. The Morgan fingerprint density at radius 1 is 0.221 bits per heavy atom. The van der Waals surface area contributed by atoms with E-state index in [1.54, 1.807) is 0 Å². The Kier molecular flexibility index (Phi) is 9.53. The lowest BCUT2D eigenvalue weighted by atomic mass is 9.60. The van der Waals surface area contributed by atoms with Crippen molar-refractivity contribution < 1.29 is 0 Å². The molecule has 2 unspecified atom stereocenters. The van der Waals surface area contributed by atoms with E-state index in [9.17, 15) is 0 Å². The van der Waals surface area contributed by atoms with Crippen LogP contribution in [0.3, 0.4) is 0 Å². The fourth-order valence-electron chi connectivity index (χ4n) is 10.2. The SMILES string of the molecule is c1ccc(-c2nc(-c3ccc(-c4ccncc4)cc3)cc(-c3cccc(-c4ccc5c(c4)C4c6ccccc6C5c5cc(-c6nc(-c7ccccc7)nc(-c7ccccc7)n6)ccc54)c3)n2)cc1. The molecule has 0 radical (unpaired) electrons. The first-order chi connectivity index (χ1) is 33.7. The van der Waals surface area contributed by atoms with Crippen molar-refractivity contribution in [2.24, 2.45) is 0 Å². The Morgan fingerprint density at radius 3 is 1.18 bits per heavy atom. The molecule has 0 N–H and O–H groups in total. The van der Waals surface area contributed by atoms with Crippen LogP contribution in [0.15, 0.2) is 231 Å². The second-order valence-electron chi connectivity index (χ2n) is 17.4. The fourth-order valence-corrected chi connectivity index (χ4v) is 10.2. The van der Waals surface area contributed by atoms with Crippen LogP contribution >= 0.6 is 0 Å². The number of hydrogen-bond acceptors (Lipinski definition) is 6. The maximum absolute atomic E-state index is 5.19. The number of rotatable bonds is 8. The monoisotopic (exact) mass is 868 g/mol. The Balaban J connectivity index is 0.880. The van der Waals surface area contributed by atoms with Gasteiger partial charge in [-0.1, -0.05) is 182 Å². The largest absolute Gasteiger partial charge is 0.265 e. The van der Waals surface area contributed by atoms with Gasteiger partial charge in [0.25, 0.3) is 0 Å². The van der Waals surface area contributed by atoms with Gasteiger partial charge in [0.15, 0.2) is 23.3 Å². The van der Waals surface area contributed by atoms with Crippen LogP contribution in [0.25, 0.3) is 90.3 Å². The Morgan fingerprint density at radius 2 is 0.603 bits per heavy atom. The topological polar surface area (TPSA) is 77.3 Å². The van der Waals surface area contributed by atoms with Gasteiger partial charge in [0.1, 0.15) is 0 Å². The molecule has 0 saturated carbocycles. The van der Waals surface area contributed by atoms with Gasteiger partial charge in [0.2, 0.25) is 0 Å². The minimum Gasteiger partial charge on any atom is -0.265 e. The van der Waals surface area contributed by atoms with Gasteiger partial charge in [-0.2, -0.15) is 0 Å². The smallest absolute Gasteiger partial charge is 0.164 e. The summed E-state index contributed by atoms with van der Waals surface area (Å²) in [5, 5.41) is 0. The molecule has 68 heavy (non-hydrogen) atoms. The minimum atomic E-state index is 0.0696. The third-order valence-electron chi connectivity index (χ3n) is 13.4. The maximum Gasteiger partial charge on any atom is 0.164 e. The second kappa shape index (κ2) is 16.5. The van der Waals surface area contributed by atoms with E-state index in [2.05, 4.69) is 157 Å². The quantitative estimate of drug-likeness (QED) is 0.151. The highest BCUT2D eigenvalue weighted by molar-refractivity contribution is 5.80. The molecule has 3 aromatic heterocycles. The molecule has 3 heterocycles. The maximum atomic E-state index is 5.19. The van der Waals surface area contributed by atoms with Crippen molar-refractivity contribution in [3.8, 4) is 90.3 Å². The van der Waals surface area contributed by atoms with Crippen LogP contribution in [0.5, 0.6) is 0 Å². The molecule has 8 aromatic carbocycles. The first kappa shape index (κ1) is 39.4. The van der Waals surface area contributed by atoms with Crippen molar-refractivity contribution in [3.05, 3.63) is 264 Å². The van der Waals surface area contributed by atoms with E-state index in [4.69, 9.17) is 24.9 Å². The molecular formula is C62H40N6. The van der Waals surface area contributed by atoms with E-state index < -0.39 is 0 Å². The molecule has 0 amide bonds. The van der Waals surface area contributed by atoms with E-state index in [-0.39, 0.29) is 11.8 Å². The van der Waals surface area contributed by atoms with Gasteiger partial charge in [-0.15, -0.1) is 0 Å². The van der Waals surface area contributed by atoms with E-state index in [1.165, 1.54) is 38.9 Å². The molecule has 14 rings (SSSR count). The highest BCUT2D eigenvalue weighted by Crippen LogP contribution is 2.56. The molecule has 6 nitrogen and oxygen atoms in total. The van der Waals surface area contributed by atoms with Gasteiger partial charge in [0, 0.05) is 57.6 Å². The lowest BCUT2D eigenvalue weighted by Crippen LogP contribution is -2.27. The van der Waals surface area contributed by atoms with E-state index >= 15 is 0 Å². The van der Waals surface area contributed by atoms with Crippen molar-refractivity contribution in [2.45, 2.75) is 11.8 Å². The van der Waals surface area contributed by atoms with Crippen molar-refractivity contribution in [1.82, 2.24) is 29.9 Å². The van der Waals surface area contributed by atoms with E-state index in [0.29, 0.717) is 23.3 Å². The summed E-state index contributed by atoms with van der Waals surface area (Å²) in [4.78, 5) is 29.6. The summed E-state index contributed by atoms with van der Waals surface area (Å²) in [5.74, 6) is 2.82. The number of aromatic nitrogens is 6. The van der Waals surface area contributed by atoms with Gasteiger partial charge < -0.3 is 0 Å². The average molecular weight is 869 g/mol. The van der Waals surface area contributed by atoms with Crippen molar-refractivity contribution in [1.29, 1.82) is 0 Å². The molecule has 3 aliphatic rings. The standard InChI is InChI=1S/C62H40N6/c1-4-13-42(14-5-1)59-64-55(41-25-23-39(24-26-41)40-31-33-63-34-32-40)38-56(65-59)47-20-12-19-45(35-47)46-27-29-51-53(36-46)57-49-21-10-11-22-50(49)58(51)54-37-48(28-30-52(54)57)62-67-60(43-15-6-2-7-16-43)66-61(68-62)44-17-8-3-9-18-44/h1-38,57-58H. The predicted molar refractivity (Wildman–Crippen MR) is 271 cm³/mol. The van der Waals surface area contributed by atoms with Crippen molar-refractivity contribution in [2.75, 3.05) is 0 Å². The first-order valence-corrected chi connectivity index (χ1v) is 23.0. The summed E-state index contributed by atoms with van der Waals surface area (Å²) in [7, 11) is 0. The van der Waals surface area contributed by atoms with Gasteiger partial charge in [-0.05, 0) is 92.0 Å². The van der Waals surface area contributed by atoms with Crippen LogP contribution in [0.2, 0.25) is 0 Å². The molecular weight excluding hydrogens is 829 g/mol. The van der Waals surface area contributed by atoms with Crippen molar-refractivity contribution in [3.63, 3.8) is 0 Å². The third kappa shape index (κ3) is 6.98. The van der Waals surface area contributed by atoms with Gasteiger partial charge in [0.05, 0.1) is 11.4 Å². The summed E-state index contributed by atoms with van der Waals surface area (Å²) in [6, 6.07) is 77.0. The molecule has 0 spiro atoms. The second-order valence-corrected chi connectivity index (χ2v) is 17.4. The minimum absolute atomic E-state index is 0.0696. The van der Waals surface area contributed by atoms with Crippen LogP contribution in [0, 0.1) is 0 Å². The molecule has 318 valence electrons. The molecule has 3 aliphatic carbocycles. The van der Waals surface area contributed by atoms with E-state index in [1.807, 2.05) is 79.1 Å². The lowest BCUT2D eigenvalue weighted by molar-refractivity contribution is 0.755. The predicted octanol–water partition coefficient (Wildman–Crippen LogP) is 14.4. The zero-order chi connectivity index (χ0) is 45.0. The highest BCUT2D eigenvalue weighted by atomic mass is 15.0. The van der Waals surface area contributed by atoms with Crippen LogP contribution in [0.1, 0.15) is 45.2 Å². The average Bonchev–Trinajstić information content (AvgIpc) is 3.43. The lowest BCUT2D eigenvalue weighted by Gasteiger charge is -2.42. The van der Waals surface area contributed by atoms with Gasteiger partial charge in [-0.25, -0.2) is 24.9 Å². The van der Waals surface area contributed by atoms with Gasteiger partial charge >= 0.3 is 0 Å². The molecule has 0 fully saturated rings. The zero-order valence-corrected chi connectivity index (χ0v) is 36.8. The molecule has 11 aromatic rings. The summed E-state index contributed by atoms with van der Waals surface area (Å²) >= 11 is 0. The first-order valence-electron chi connectivity index (χ1n) is 23.0. The summed E-state index contributed by atoms with van der Waals surface area (Å²) < 4.78 is 0. The summed E-state index contributed by atoms with van der Waals surface area (Å²) in [6.45, 7) is 0. The normalized spacial score (nSPS) is 14.2. The Hall–Kier alpha value is -9.00. The number of pyridine rings is 1. The van der Waals surface area contributed by atoms with Crippen LogP contribution < -0.4 is 0 Å². The van der Waals surface area contributed by atoms with Crippen LogP contribution in [0.4, 0.5) is 0 Å². The Labute approximate surface area is 394 Å². The summed E-state index contributed by atoms with van der Waals surface area (Å²) in [5.41, 5.74) is 20.3. The molecule has 0 aliphatic heterocycles. The third-order valence-corrected chi connectivity index (χ3v) is 13.4. The molecule has 6 heteroatoms. The fraction of sp³-hybridized carbons (Fsp3) is 0.0323. The molecule has 2 atom stereocenters. The van der Waals surface area contributed by atoms with Gasteiger partial charge in [-0.3, -0.25) is 4.98 Å². The highest BCUT2D eigenvalue weighted by Gasteiger charge is 2.41. The van der Waals surface area contributed by atoms with E-state index in [0.717, 1.165) is 61.5 Å². The number of hydrogen-bond donors (Lipinski definition) is 0. The van der Waals surface area contributed by atoms with Crippen LogP contribution in [-0.2, 0) is 0 Å². The molecule has 0 saturated heterocycles. The summed E-state index contributed by atoms with van der Waals surface area (Å²) in [6.07, 6.45) is 3.65. The van der Waals surface area contributed by atoms with Crippen molar-refractivity contribution >= 4 is 0 Å². The number of benzene rings is 8. The molecule has 2 bridgehead atoms. The number of nitrogens with zero attached hydrogens (tertiary/aromatic N) is 6. The zero-order valence-electron chi connectivity index (χ0n) is 36.8.